The van der Waals surface area contributed by atoms with E-state index in [1.807, 2.05) is 6.92 Å². The number of rotatable bonds is 2. The fourth-order valence-corrected chi connectivity index (χ4v) is 1.08. The van der Waals surface area contributed by atoms with Crippen molar-refractivity contribution in [1.29, 1.82) is 0 Å². The second kappa shape index (κ2) is 3.46. The Morgan fingerprint density at radius 1 is 1.55 bits per heavy atom. The molecule has 2 heteroatoms. The molecule has 0 atom stereocenters. The largest absolute Gasteiger partial charge is 0.228 e. The number of nitrogens with zero attached hydrogens (tertiary/aromatic N) is 1. The van der Waals surface area contributed by atoms with Gasteiger partial charge < -0.3 is 0 Å². The minimum Gasteiger partial charge on any atom is -0.228 e. The van der Waals surface area contributed by atoms with Crippen LogP contribution in [0.3, 0.4) is 0 Å². The minimum absolute atomic E-state index is 0.387. The molecule has 0 amide bonds. The fourth-order valence-electron chi connectivity index (χ4n) is 1.08. The normalized spacial score (nSPS) is 10.1. The molecule has 0 bridgehead atoms. The minimum atomic E-state index is -0.387. The highest BCUT2D eigenvalue weighted by Gasteiger charge is 1.98. The van der Waals surface area contributed by atoms with Crippen molar-refractivity contribution >= 4 is 0 Å². The number of halogens is 1. The summed E-state index contributed by atoms with van der Waals surface area (Å²) < 4.78 is 12.5. The summed E-state index contributed by atoms with van der Waals surface area (Å²) >= 11 is 0. The molecule has 0 fully saturated rings. The van der Waals surface area contributed by atoms with E-state index in [1.54, 1.807) is 6.20 Å². The summed E-state index contributed by atoms with van der Waals surface area (Å²) in [5.74, 6) is -0.387. The van der Waals surface area contributed by atoms with Crippen LogP contribution in [0.2, 0.25) is 0 Å². The molecule has 0 radical (unpaired) electrons. The molecule has 0 unspecified atom stereocenters. The topological polar surface area (TPSA) is 12.9 Å². The molecule has 0 spiro atoms. The molecule has 0 aromatic carbocycles. The van der Waals surface area contributed by atoms with E-state index in [0.29, 0.717) is 0 Å². The van der Waals surface area contributed by atoms with Crippen molar-refractivity contribution in [2.75, 3.05) is 0 Å². The second-order valence-corrected chi connectivity index (χ2v) is 2.68. The molecule has 0 aliphatic rings. The van der Waals surface area contributed by atoms with Crippen LogP contribution >= 0.6 is 0 Å². The standard InChI is InChI=1S/C9H12FN/c1-3-4-8-6-11-9(10)5-7(8)2/h5-6H,3-4H2,1-2H3. The fraction of sp³-hybridized carbons (Fsp3) is 0.444. The lowest BCUT2D eigenvalue weighted by atomic mass is 10.1. The zero-order valence-corrected chi connectivity index (χ0v) is 6.89. The van der Waals surface area contributed by atoms with Crippen molar-refractivity contribution in [1.82, 2.24) is 4.98 Å². The van der Waals surface area contributed by atoms with Crippen molar-refractivity contribution in [3.05, 3.63) is 29.3 Å². The van der Waals surface area contributed by atoms with E-state index in [-0.39, 0.29) is 5.95 Å². The number of hydrogen-bond acceptors (Lipinski definition) is 1. The van der Waals surface area contributed by atoms with Gasteiger partial charge in [0.1, 0.15) is 0 Å². The number of hydrogen-bond donors (Lipinski definition) is 0. The van der Waals surface area contributed by atoms with Gasteiger partial charge in [-0.3, -0.25) is 0 Å². The van der Waals surface area contributed by atoms with Gasteiger partial charge in [0.2, 0.25) is 5.95 Å². The van der Waals surface area contributed by atoms with Crippen molar-refractivity contribution in [3.63, 3.8) is 0 Å². The van der Waals surface area contributed by atoms with Gasteiger partial charge in [0.05, 0.1) is 0 Å². The Bertz CT molecular complexity index is 245. The van der Waals surface area contributed by atoms with Gasteiger partial charge in [0.15, 0.2) is 0 Å². The van der Waals surface area contributed by atoms with Crippen LogP contribution in [0.1, 0.15) is 24.5 Å². The highest BCUT2D eigenvalue weighted by molar-refractivity contribution is 5.21. The Morgan fingerprint density at radius 3 is 2.82 bits per heavy atom. The van der Waals surface area contributed by atoms with Crippen LogP contribution in [0.25, 0.3) is 0 Å². The van der Waals surface area contributed by atoms with Gasteiger partial charge >= 0.3 is 0 Å². The van der Waals surface area contributed by atoms with E-state index < -0.39 is 0 Å². The lowest BCUT2D eigenvalue weighted by molar-refractivity contribution is 0.580. The third-order valence-corrected chi connectivity index (χ3v) is 1.71. The molecule has 1 rings (SSSR count). The molecule has 1 heterocycles. The maximum absolute atomic E-state index is 12.5. The van der Waals surface area contributed by atoms with Crippen LogP contribution < -0.4 is 0 Å². The van der Waals surface area contributed by atoms with Gasteiger partial charge in [-0.05, 0) is 30.5 Å². The van der Waals surface area contributed by atoms with Crippen LogP contribution in [0, 0.1) is 12.9 Å². The van der Waals surface area contributed by atoms with Crippen molar-refractivity contribution in [3.8, 4) is 0 Å². The van der Waals surface area contributed by atoms with Crippen LogP contribution in [-0.2, 0) is 6.42 Å². The predicted octanol–water partition coefficient (Wildman–Crippen LogP) is 2.48. The molecule has 11 heavy (non-hydrogen) atoms. The van der Waals surface area contributed by atoms with E-state index >= 15 is 0 Å². The van der Waals surface area contributed by atoms with Crippen LogP contribution in [0.4, 0.5) is 4.39 Å². The third kappa shape index (κ3) is 2.00. The van der Waals surface area contributed by atoms with Crippen LogP contribution in [0.5, 0.6) is 0 Å². The first kappa shape index (κ1) is 8.18. The average Bonchev–Trinajstić information content (AvgIpc) is 1.95. The van der Waals surface area contributed by atoms with E-state index in [4.69, 9.17) is 0 Å². The first-order chi connectivity index (χ1) is 5.24. The molecule has 0 N–H and O–H groups in total. The van der Waals surface area contributed by atoms with E-state index in [0.717, 1.165) is 24.0 Å². The van der Waals surface area contributed by atoms with Crippen molar-refractivity contribution in [2.45, 2.75) is 26.7 Å². The number of aromatic nitrogens is 1. The molecular weight excluding hydrogens is 141 g/mol. The predicted molar refractivity (Wildman–Crippen MR) is 42.9 cm³/mol. The average molecular weight is 153 g/mol. The number of aryl methyl sites for hydroxylation is 2. The summed E-state index contributed by atoms with van der Waals surface area (Å²) in [6, 6.07) is 1.48. The molecule has 0 aliphatic heterocycles. The Kier molecular flexibility index (Phi) is 2.58. The second-order valence-electron chi connectivity index (χ2n) is 2.68. The first-order valence-corrected chi connectivity index (χ1v) is 3.85. The molecule has 0 aliphatic carbocycles. The molecule has 1 aromatic heterocycles. The smallest absolute Gasteiger partial charge is 0.213 e. The Balaban J connectivity index is 2.90. The number of pyridine rings is 1. The van der Waals surface area contributed by atoms with Gasteiger partial charge in [-0.15, -0.1) is 0 Å². The Labute approximate surface area is 66.3 Å². The summed E-state index contributed by atoms with van der Waals surface area (Å²) in [5, 5.41) is 0. The lowest BCUT2D eigenvalue weighted by Gasteiger charge is -2.01. The maximum Gasteiger partial charge on any atom is 0.213 e. The van der Waals surface area contributed by atoms with Gasteiger partial charge in [0, 0.05) is 6.20 Å². The highest BCUT2D eigenvalue weighted by atomic mass is 19.1. The third-order valence-electron chi connectivity index (χ3n) is 1.71. The molecular formula is C9H12FN. The van der Waals surface area contributed by atoms with E-state index in [2.05, 4.69) is 11.9 Å². The SMILES string of the molecule is CCCc1cnc(F)cc1C. The lowest BCUT2D eigenvalue weighted by Crippen LogP contribution is -1.92. The molecule has 1 aromatic rings. The Morgan fingerprint density at radius 2 is 2.27 bits per heavy atom. The van der Waals surface area contributed by atoms with Crippen molar-refractivity contribution in [2.24, 2.45) is 0 Å². The van der Waals surface area contributed by atoms with Gasteiger partial charge in [0.25, 0.3) is 0 Å². The van der Waals surface area contributed by atoms with E-state index in [1.165, 1.54) is 6.07 Å². The molecule has 60 valence electrons. The zero-order valence-electron chi connectivity index (χ0n) is 6.89. The Hall–Kier alpha value is -0.920. The summed E-state index contributed by atoms with van der Waals surface area (Å²) in [6.45, 7) is 4.01. The summed E-state index contributed by atoms with van der Waals surface area (Å²) in [6.07, 6.45) is 3.68. The monoisotopic (exact) mass is 153 g/mol. The summed E-state index contributed by atoms with van der Waals surface area (Å²) in [7, 11) is 0. The molecule has 0 saturated carbocycles. The van der Waals surface area contributed by atoms with Gasteiger partial charge in [-0.25, -0.2) is 4.98 Å². The summed E-state index contributed by atoms with van der Waals surface area (Å²) in [5.41, 5.74) is 2.15. The highest BCUT2D eigenvalue weighted by Crippen LogP contribution is 2.09. The van der Waals surface area contributed by atoms with Gasteiger partial charge in [-0.2, -0.15) is 4.39 Å². The van der Waals surface area contributed by atoms with E-state index in [9.17, 15) is 4.39 Å². The van der Waals surface area contributed by atoms with Crippen molar-refractivity contribution < 1.29 is 4.39 Å². The summed E-state index contributed by atoms with van der Waals surface area (Å²) in [4.78, 5) is 3.59. The zero-order chi connectivity index (χ0) is 8.27. The molecule has 1 nitrogen and oxygen atoms in total. The quantitative estimate of drug-likeness (QED) is 0.595. The van der Waals surface area contributed by atoms with Crippen LogP contribution in [-0.4, -0.2) is 4.98 Å². The van der Waals surface area contributed by atoms with Crippen LogP contribution in [0.15, 0.2) is 12.3 Å². The maximum atomic E-state index is 12.5. The first-order valence-electron chi connectivity index (χ1n) is 3.85. The molecule has 0 saturated heterocycles. The van der Waals surface area contributed by atoms with Gasteiger partial charge in [-0.1, -0.05) is 13.3 Å².